The van der Waals surface area contributed by atoms with Crippen LogP contribution < -0.4 is 4.74 Å². The molecule has 3 aromatic rings. The Balaban J connectivity index is 1.63. The number of aliphatic hydroxyl groups excluding tert-OH is 1. The second-order valence-corrected chi connectivity index (χ2v) is 9.03. The number of phenolic OH excluding ortho intramolecular Hbond substituents is 1. The first kappa shape index (κ1) is 24.1. The molecule has 0 aliphatic carbocycles. The molecule has 1 aliphatic rings. The minimum Gasteiger partial charge on any atom is -0.508 e. The fourth-order valence-electron chi connectivity index (χ4n) is 4.83. The lowest BCUT2D eigenvalue weighted by molar-refractivity contribution is 0.233. The molecule has 4 rings (SSSR count). The van der Waals surface area contributed by atoms with E-state index in [1.807, 2.05) is 42.5 Å². The highest BCUT2D eigenvalue weighted by molar-refractivity contribution is 5.98. The van der Waals surface area contributed by atoms with Gasteiger partial charge in [-0.2, -0.15) is 0 Å². The van der Waals surface area contributed by atoms with Crippen molar-refractivity contribution in [3.8, 4) is 11.5 Å². The van der Waals surface area contributed by atoms with Gasteiger partial charge in [0, 0.05) is 12.6 Å². The number of ether oxygens (including phenoxy) is 1. The summed E-state index contributed by atoms with van der Waals surface area (Å²) in [4.78, 5) is 2.43. The molecule has 1 saturated heterocycles. The zero-order valence-electron chi connectivity index (χ0n) is 20.0. The Kier molecular flexibility index (Phi) is 8.40. The predicted molar refractivity (Wildman–Crippen MR) is 139 cm³/mol. The van der Waals surface area contributed by atoms with Crippen molar-refractivity contribution in [3.63, 3.8) is 0 Å². The van der Waals surface area contributed by atoms with Crippen molar-refractivity contribution in [2.24, 2.45) is 0 Å². The van der Waals surface area contributed by atoms with E-state index in [-0.39, 0.29) is 12.4 Å². The molecule has 34 heavy (non-hydrogen) atoms. The lowest BCUT2D eigenvalue weighted by Crippen LogP contribution is -2.26. The summed E-state index contributed by atoms with van der Waals surface area (Å²) in [6.07, 6.45) is 5.03. The van der Waals surface area contributed by atoms with Crippen LogP contribution in [0, 0.1) is 0 Å². The summed E-state index contributed by atoms with van der Waals surface area (Å²) in [5.74, 6) is 1.13. The third-order valence-corrected chi connectivity index (χ3v) is 6.70. The number of hydrogen-bond acceptors (Lipinski definition) is 4. The lowest BCUT2D eigenvalue weighted by Gasteiger charge is -2.20. The molecule has 0 amide bonds. The maximum atomic E-state index is 9.85. The van der Waals surface area contributed by atoms with E-state index in [0.717, 1.165) is 47.5 Å². The van der Waals surface area contributed by atoms with E-state index in [1.54, 1.807) is 12.1 Å². The highest BCUT2D eigenvalue weighted by Gasteiger charge is 2.20. The van der Waals surface area contributed by atoms with Crippen molar-refractivity contribution in [2.75, 3.05) is 26.8 Å². The highest BCUT2D eigenvalue weighted by Crippen LogP contribution is 2.36. The number of rotatable bonds is 10. The van der Waals surface area contributed by atoms with Gasteiger partial charge < -0.3 is 19.8 Å². The number of likely N-dealkylation sites (tertiary alicyclic amines) is 1. The first-order chi connectivity index (χ1) is 16.7. The van der Waals surface area contributed by atoms with Crippen LogP contribution in [-0.4, -0.2) is 48.0 Å². The maximum absolute atomic E-state index is 9.85. The molecule has 0 radical (unpaired) electrons. The van der Waals surface area contributed by atoms with Crippen LogP contribution in [0.25, 0.3) is 11.1 Å². The SMILES string of the molecule is CN1CCC[C@H]1CCOc1ccc(/C(=C(/CCCO)c2ccccc2)c2ccc(O)cc2)cc1. The molecule has 1 atom stereocenters. The smallest absolute Gasteiger partial charge is 0.119 e. The van der Waals surface area contributed by atoms with Crippen LogP contribution in [0.15, 0.2) is 78.9 Å². The number of nitrogens with zero attached hydrogens (tertiary/aromatic N) is 1. The van der Waals surface area contributed by atoms with E-state index < -0.39 is 0 Å². The van der Waals surface area contributed by atoms with Gasteiger partial charge in [-0.1, -0.05) is 54.6 Å². The number of phenols is 1. The normalized spacial score (nSPS) is 16.9. The van der Waals surface area contributed by atoms with E-state index in [9.17, 15) is 10.2 Å². The van der Waals surface area contributed by atoms with Crippen LogP contribution in [-0.2, 0) is 0 Å². The van der Waals surface area contributed by atoms with Gasteiger partial charge in [0.15, 0.2) is 0 Å². The molecule has 0 spiro atoms. The molecule has 0 saturated carbocycles. The fourth-order valence-corrected chi connectivity index (χ4v) is 4.83. The molecule has 4 nitrogen and oxygen atoms in total. The minimum atomic E-state index is 0.141. The summed E-state index contributed by atoms with van der Waals surface area (Å²) in [5, 5.41) is 19.4. The van der Waals surface area contributed by atoms with Crippen LogP contribution in [0.3, 0.4) is 0 Å². The molecule has 1 fully saturated rings. The predicted octanol–water partition coefficient (Wildman–Crippen LogP) is 5.99. The van der Waals surface area contributed by atoms with Gasteiger partial charge in [-0.3, -0.25) is 0 Å². The van der Waals surface area contributed by atoms with Crippen LogP contribution in [0.5, 0.6) is 11.5 Å². The zero-order chi connectivity index (χ0) is 23.8. The largest absolute Gasteiger partial charge is 0.508 e. The molecule has 0 aromatic heterocycles. The summed E-state index contributed by atoms with van der Waals surface area (Å²) in [5.41, 5.74) is 5.55. The maximum Gasteiger partial charge on any atom is 0.119 e. The zero-order valence-corrected chi connectivity index (χ0v) is 20.0. The third-order valence-electron chi connectivity index (χ3n) is 6.70. The Bertz CT molecular complexity index is 1060. The van der Waals surface area contributed by atoms with Gasteiger partial charge in [0.05, 0.1) is 6.61 Å². The number of hydrogen-bond donors (Lipinski definition) is 2. The van der Waals surface area contributed by atoms with Crippen molar-refractivity contribution in [2.45, 2.75) is 38.1 Å². The standard InChI is InChI=1S/C30H35NO3/c1-31-20-5-9-26(31)19-22-34-28-17-13-25(14-18-28)30(24-11-15-27(33)16-12-24)29(10-6-21-32)23-7-3-2-4-8-23/h2-4,7-8,11-18,26,32-33H,5-6,9-10,19-22H2,1H3/b30-29-/t26-/m0/s1. The van der Waals surface area contributed by atoms with Crippen molar-refractivity contribution in [3.05, 3.63) is 95.6 Å². The Morgan fingerprint density at radius 2 is 1.59 bits per heavy atom. The summed E-state index contributed by atoms with van der Waals surface area (Å²) in [6, 6.07) is 26.6. The Labute approximate surface area is 203 Å². The molecular weight excluding hydrogens is 422 g/mol. The van der Waals surface area contributed by atoms with Gasteiger partial charge in [-0.05, 0) is 97.8 Å². The molecular formula is C30H35NO3. The van der Waals surface area contributed by atoms with Crippen molar-refractivity contribution in [1.29, 1.82) is 0 Å². The average Bonchev–Trinajstić information content (AvgIpc) is 3.28. The number of aromatic hydroxyl groups is 1. The van der Waals surface area contributed by atoms with Crippen molar-refractivity contribution in [1.82, 2.24) is 4.90 Å². The Morgan fingerprint density at radius 3 is 2.21 bits per heavy atom. The van der Waals surface area contributed by atoms with Crippen LogP contribution in [0.2, 0.25) is 0 Å². The highest BCUT2D eigenvalue weighted by atomic mass is 16.5. The molecule has 4 heteroatoms. The van der Waals surface area contributed by atoms with E-state index >= 15 is 0 Å². The van der Waals surface area contributed by atoms with Gasteiger partial charge in [0.25, 0.3) is 0 Å². The molecule has 2 N–H and O–H groups in total. The summed E-state index contributed by atoms with van der Waals surface area (Å²) >= 11 is 0. The molecule has 1 heterocycles. The third kappa shape index (κ3) is 6.07. The quantitative estimate of drug-likeness (QED) is 0.367. The second-order valence-electron chi connectivity index (χ2n) is 9.03. The monoisotopic (exact) mass is 457 g/mol. The first-order valence-electron chi connectivity index (χ1n) is 12.3. The first-order valence-corrected chi connectivity index (χ1v) is 12.3. The van der Waals surface area contributed by atoms with Gasteiger partial charge in [-0.15, -0.1) is 0 Å². The summed E-state index contributed by atoms with van der Waals surface area (Å²) in [7, 11) is 2.20. The van der Waals surface area contributed by atoms with E-state index in [0.29, 0.717) is 12.5 Å². The minimum absolute atomic E-state index is 0.141. The van der Waals surface area contributed by atoms with Crippen LogP contribution >= 0.6 is 0 Å². The number of benzene rings is 3. The molecule has 0 bridgehead atoms. The van der Waals surface area contributed by atoms with Crippen molar-refractivity contribution < 1.29 is 14.9 Å². The molecule has 1 aliphatic heterocycles. The topological polar surface area (TPSA) is 52.9 Å². The molecule has 178 valence electrons. The second kappa shape index (κ2) is 11.9. The summed E-state index contributed by atoms with van der Waals surface area (Å²) in [6.45, 7) is 2.05. The molecule has 0 unspecified atom stereocenters. The number of allylic oxidation sites excluding steroid dienone is 1. The van der Waals surface area contributed by atoms with Gasteiger partial charge in [0.1, 0.15) is 11.5 Å². The molecule has 3 aromatic carbocycles. The van der Waals surface area contributed by atoms with Crippen molar-refractivity contribution >= 4 is 11.1 Å². The van der Waals surface area contributed by atoms with Crippen LogP contribution in [0.1, 0.15) is 48.8 Å². The van der Waals surface area contributed by atoms with E-state index in [1.165, 1.54) is 25.0 Å². The van der Waals surface area contributed by atoms with Gasteiger partial charge in [-0.25, -0.2) is 0 Å². The van der Waals surface area contributed by atoms with Gasteiger partial charge in [0.2, 0.25) is 0 Å². The average molecular weight is 458 g/mol. The van der Waals surface area contributed by atoms with Gasteiger partial charge >= 0.3 is 0 Å². The number of aliphatic hydroxyl groups is 1. The fraction of sp³-hybridized carbons (Fsp3) is 0.333. The van der Waals surface area contributed by atoms with E-state index in [2.05, 4.69) is 36.2 Å². The van der Waals surface area contributed by atoms with E-state index in [4.69, 9.17) is 4.74 Å². The van der Waals surface area contributed by atoms with Crippen LogP contribution in [0.4, 0.5) is 0 Å². The Hall–Kier alpha value is -3.08. The Morgan fingerprint density at radius 1 is 0.912 bits per heavy atom. The summed E-state index contributed by atoms with van der Waals surface area (Å²) < 4.78 is 6.07. The lowest BCUT2D eigenvalue weighted by atomic mass is 9.87.